The number of nitrogens with zero attached hydrogens (tertiary/aromatic N) is 1. The van der Waals surface area contributed by atoms with Crippen LogP contribution >= 0.6 is 22.9 Å². The Labute approximate surface area is 79.3 Å². The van der Waals surface area contributed by atoms with E-state index in [1.54, 1.807) is 17.4 Å². The average molecular weight is 196 g/mol. The lowest BCUT2D eigenvalue weighted by Gasteiger charge is -1.87. The molecule has 2 aromatic heterocycles. The van der Waals surface area contributed by atoms with Crippen molar-refractivity contribution >= 4 is 39.2 Å². The highest BCUT2D eigenvalue weighted by Gasteiger charge is 2.00. The monoisotopic (exact) mass is 195 g/mol. The maximum atomic E-state index is 5.74. The predicted octanol–water partition coefficient (Wildman–Crippen LogP) is 3.59. The zero-order chi connectivity index (χ0) is 8.55. The quantitative estimate of drug-likeness (QED) is 0.634. The molecule has 0 saturated carbocycles. The number of rotatable bonds is 1. The fourth-order valence-electron chi connectivity index (χ4n) is 1.02. The lowest BCUT2D eigenvalue weighted by Crippen LogP contribution is -1.71. The Morgan fingerprint density at radius 3 is 3.08 bits per heavy atom. The summed E-state index contributed by atoms with van der Waals surface area (Å²) in [7, 11) is 0. The van der Waals surface area contributed by atoms with E-state index in [4.69, 9.17) is 11.6 Å². The second-order valence-electron chi connectivity index (χ2n) is 2.37. The summed E-state index contributed by atoms with van der Waals surface area (Å²) in [5.74, 6) is 0. The molecule has 0 unspecified atom stereocenters. The number of fused-ring (bicyclic) bond motifs is 1. The van der Waals surface area contributed by atoms with Crippen molar-refractivity contribution in [2.75, 3.05) is 0 Å². The molecular formula is C9H6ClNS. The van der Waals surface area contributed by atoms with Gasteiger partial charge in [0, 0.05) is 4.88 Å². The van der Waals surface area contributed by atoms with Gasteiger partial charge in [-0.2, -0.15) is 0 Å². The van der Waals surface area contributed by atoms with Gasteiger partial charge in [-0.25, -0.2) is 4.98 Å². The summed E-state index contributed by atoms with van der Waals surface area (Å²) < 4.78 is 1.15. The van der Waals surface area contributed by atoms with Crippen LogP contribution in [-0.2, 0) is 0 Å². The summed E-state index contributed by atoms with van der Waals surface area (Å²) >= 11 is 7.41. The summed E-state index contributed by atoms with van der Waals surface area (Å²) in [5.41, 5.74) is 0.947. The molecule has 0 amide bonds. The number of pyridine rings is 1. The molecular weight excluding hydrogens is 190 g/mol. The first-order chi connectivity index (χ1) is 5.79. The molecule has 2 rings (SSSR count). The molecule has 1 nitrogen and oxygen atoms in total. The van der Waals surface area contributed by atoms with E-state index in [9.17, 15) is 0 Å². The van der Waals surface area contributed by atoms with Gasteiger partial charge in [0.2, 0.25) is 0 Å². The van der Waals surface area contributed by atoms with Crippen molar-refractivity contribution in [1.29, 1.82) is 0 Å². The number of halogens is 1. The summed E-state index contributed by atoms with van der Waals surface area (Å²) in [4.78, 5) is 5.30. The van der Waals surface area contributed by atoms with Gasteiger partial charge in [-0.1, -0.05) is 24.3 Å². The van der Waals surface area contributed by atoms with E-state index in [-0.39, 0.29) is 0 Å². The minimum absolute atomic E-state index is 0.538. The standard InChI is InChI=1S/C9H6ClNS/c1-2-6-5-7-8(12-6)3-4-9(10)11-7/h2-5H,1H2. The molecule has 2 heterocycles. The number of hydrogen-bond acceptors (Lipinski definition) is 2. The molecule has 2 aromatic rings. The second-order valence-corrected chi connectivity index (χ2v) is 3.87. The van der Waals surface area contributed by atoms with E-state index in [2.05, 4.69) is 11.6 Å². The highest BCUT2D eigenvalue weighted by Crippen LogP contribution is 2.25. The van der Waals surface area contributed by atoms with E-state index in [1.165, 1.54) is 0 Å². The molecule has 0 radical (unpaired) electrons. The molecule has 0 aliphatic carbocycles. The third-order valence-electron chi connectivity index (χ3n) is 1.56. The highest BCUT2D eigenvalue weighted by molar-refractivity contribution is 7.19. The van der Waals surface area contributed by atoms with E-state index >= 15 is 0 Å². The van der Waals surface area contributed by atoms with Gasteiger partial charge >= 0.3 is 0 Å². The Morgan fingerprint density at radius 2 is 2.33 bits per heavy atom. The molecule has 0 aliphatic heterocycles. The Bertz CT molecular complexity index is 433. The molecule has 3 heteroatoms. The Morgan fingerprint density at radius 1 is 1.50 bits per heavy atom. The summed E-state index contributed by atoms with van der Waals surface area (Å²) in [6, 6.07) is 5.76. The van der Waals surface area contributed by atoms with Gasteiger partial charge in [0.1, 0.15) is 5.15 Å². The fourth-order valence-corrected chi connectivity index (χ4v) is 2.03. The van der Waals surface area contributed by atoms with Gasteiger partial charge in [0.05, 0.1) is 10.2 Å². The van der Waals surface area contributed by atoms with Crippen LogP contribution in [0.1, 0.15) is 4.88 Å². The van der Waals surface area contributed by atoms with Gasteiger partial charge in [0.25, 0.3) is 0 Å². The van der Waals surface area contributed by atoms with Crippen LogP contribution in [-0.4, -0.2) is 4.98 Å². The fraction of sp³-hybridized carbons (Fsp3) is 0. The van der Waals surface area contributed by atoms with Gasteiger partial charge in [-0.3, -0.25) is 0 Å². The lowest BCUT2D eigenvalue weighted by molar-refractivity contribution is 1.43. The van der Waals surface area contributed by atoms with Crippen LogP contribution in [0.3, 0.4) is 0 Å². The molecule has 0 atom stereocenters. The lowest BCUT2D eigenvalue weighted by atomic mass is 10.4. The highest BCUT2D eigenvalue weighted by atomic mass is 35.5. The van der Waals surface area contributed by atoms with Crippen LogP contribution in [0.2, 0.25) is 5.15 Å². The van der Waals surface area contributed by atoms with Crippen LogP contribution in [0.4, 0.5) is 0 Å². The molecule has 0 bridgehead atoms. The maximum absolute atomic E-state index is 5.74. The first-order valence-corrected chi connectivity index (χ1v) is 4.67. The Balaban J connectivity index is 2.75. The molecule has 60 valence electrons. The van der Waals surface area contributed by atoms with Crippen LogP contribution in [0.15, 0.2) is 24.8 Å². The predicted molar refractivity (Wildman–Crippen MR) is 54.7 cm³/mol. The van der Waals surface area contributed by atoms with Crippen molar-refractivity contribution in [2.24, 2.45) is 0 Å². The van der Waals surface area contributed by atoms with Crippen molar-refractivity contribution in [3.05, 3.63) is 34.8 Å². The zero-order valence-corrected chi connectivity index (χ0v) is 7.82. The Hall–Kier alpha value is -0.860. The van der Waals surface area contributed by atoms with Crippen molar-refractivity contribution in [1.82, 2.24) is 4.98 Å². The number of aromatic nitrogens is 1. The largest absolute Gasteiger partial charge is 0.235 e. The average Bonchev–Trinajstić information content (AvgIpc) is 2.46. The van der Waals surface area contributed by atoms with Crippen molar-refractivity contribution in [3.8, 4) is 0 Å². The smallest absolute Gasteiger partial charge is 0.129 e. The third-order valence-corrected chi connectivity index (χ3v) is 2.86. The summed E-state index contributed by atoms with van der Waals surface area (Å²) in [6.45, 7) is 3.70. The van der Waals surface area contributed by atoms with Gasteiger partial charge < -0.3 is 0 Å². The maximum Gasteiger partial charge on any atom is 0.129 e. The third kappa shape index (κ3) is 1.24. The normalized spacial score (nSPS) is 10.4. The topological polar surface area (TPSA) is 12.9 Å². The van der Waals surface area contributed by atoms with Crippen LogP contribution < -0.4 is 0 Å². The first-order valence-electron chi connectivity index (χ1n) is 3.48. The minimum Gasteiger partial charge on any atom is -0.235 e. The zero-order valence-electron chi connectivity index (χ0n) is 6.25. The van der Waals surface area contributed by atoms with E-state index < -0.39 is 0 Å². The van der Waals surface area contributed by atoms with Crippen molar-refractivity contribution in [2.45, 2.75) is 0 Å². The molecule has 0 N–H and O–H groups in total. The molecule has 0 saturated heterocycles. The van der Waals surface area contributed by atoms with Gasteiger partial charge in [-0.15, -0.1) is 11.3 Å². The summed E-state index contributed by atoms with van der Waals surface area (Å²) in [5, 5.41) is 0.538. The SMILES string of the molecule is C=Cc1cc2nc(Cl)ccc2s1. The second kappa shape index (κ2) is 2.88. The summed E-state index contributed by atoms with van der Waals surface area (Å²) in [6.07, 6.45) is 1.82. The Kier molecular flexibility index (Phi) is 1.87. The van der Waals surface area contributed by atoms with Gasteiger partial charge in [-0.05, 0) is 18.2 Å². The van der Waals surface area contributed by atoms with E-state index in [0.717, 1.165) is 15.1 Å². The molecule has 0 spiro atoms. The molecule has 12 heavy (non-hydrogen) atoms. The van der Waals surface area contributed by atoms with Crippen LogP contribution in [0.5, 0.6) is 0 Å². The minimum atomic E-state index is 0.538. The number of hydrogen-bond donors (Lipinski definition) is 0. The molecule has 0 aromatic carbocycles. The van der Waals surface area contributed by atoms with Crippen molar-refractivity contribution in [3.63, 3.8) is 0 Å². The number of thiophene rings is 1. The van der Waals surface area contributed by atoms with Crippen LogP contribution in [0, 0.1) is 0 Å². The molecule has 0 fully saturated rings. The van der Waals surface area contributed by atoms with E-state index in [0.29, 0.717) is 5.15 Å². The first kappa shape index (κ1) is 7.77. The van der Waals surface area contributed by atoms with Gasteiger partial charge in [0.15, 0.2) is 0 Å². The van der Waals surface area contributed by atoms with Crippen molar-refractivity contribution < 1.29 is 0 Å². The molecule has 0 aliphatic rings. The van der Waals surface area contributed by atoms with Crippen LogP contribution in [0.25, 0.3) is 16.3 Å². The van der Waals surface area contributed by atoms with E-state index in [1.807, 2.05) is 18.2 Å².